The Morgan fingerprint density at radius 3 is 2.71 bits per heavy atom. The Hall–Kier alpha value is -2.24. The molecule has 0 fully saturated rings. The van der Waals surface area contributed by atoms with Gasteiger partial charge in [-0.1, -0.05) is 48.3 Å². The van der Waals surface area contributed by atoms with Crippen molar-refractivity contribution in [1.29, 1.82) is 0 Å². The van der Waals surface area contributed by atoms with Crippen molar-refractivity contribution < 1.29 is 22.4 Å². The second kappa shape index (κ2) is 9.79. The first-order valence-electron chi connectivity index (χ1n) is 10.4. The summed E-state index contributed by atoms with van der Waals surface area (Å²) in [6.45, 7) is 1.89. The summed E-state index contributed by atoms with van der Waals surface area (Å²) in [5, 5.41) is 6.25. The average molecular weight is 542 g/mol. The zero-order chi connectivity index (χ0) is 24.6. The number of nitrogens with zero attached hydrogens (tertiary/aromatic N) is 1. The average Bonchev–Trinajstić information content (AvgIpc) is 3.45. The number of carbonyl (C=O) groups is 1. The number of nitrogens with one attached hydrogen (secondary N) is 2. The molecule has 1 aliphatic carbocycles. The van der Waals surface area contributed by atoms with Crippen molar-refractivity contribution in [2.45, 2.75) is 43.0 Å². The van der Waals surface area contributed by atoms with E-state index >= 15 is 0 Å². The number of fused-ring (bicyclic) bond motifs is 1. The molecule has 0 saturated carbocycles. The summed E-state index contributed by atoms with van der Waals surface area (Å²) in [5.41, 5.74) is 3.20. The molecule has 0 unspecified atom stereocenters. The second-order valence-electron chi connectivity index (χ2n) is 7.90. The van der Waals surface area contributed by atoms with Gasteiger partial charge in [-0.3, -0.25) is 0 Å². The van der Waals surface area contributed by atoms with Gasteiger partial charge >= 0.3 is 5.97 Å². The van der Waals surface area contributed by atoms with Crippen molar-refractivity contribution >= 4 is 51.4 Å². The maximum absolute atomic E-state index is 13.5. The monoisotopic (exact) mass is 541 g/mol. The second-order valence-corrected chi connectivity index (χ2v) is 10.7. The predicted molar refractivity (Wildman–Crippen MR) is 129 cm³/mol. The molecule has 1 aliphatic rings. The number of H-pyrrole nitrogens is 1. The van der Waals surface area contributed by atoms with Crippen LogP contribution in [0.4, 0.5) is 0 Å². The van der Waals surface area contributed by atoms with Crippen LogP contribution in [0, 0.1) is 4.84 Å². The van der Waals surface area contributed by atoms with Crippen LogP contribution < -0.4 is 4.72 Å². The summed E-state index contributed by atoms with van der Waals surface area (Å²) in [6, 6.07) is 7.60. The minimum atomic E-state index is -4.27. The van der Waals surface area contributed by atoms with Crippen molar-refractivity contribution in [1.82, 2.24) is 14.9 Å². The predicted octanol–water partition coefficient (Wildman–Crippen LogP) is 5.14. The summed E-state index contributed by atoms with van der Waals surface area (Å²) in [7, 11) is -3.12. The van der Waals surface area contributed by atoms with Gasteiger partial charge < -0.3 is 9.15 Å². The molecule has 0 amide bonds. The lowest BCUT2D eigenvalue weighted by molar-refractivity contribution is 0.0601. The molecule has 0 aliphatic heterocycles. The molecule has 2 atom stereocenters. The number of methoxy groups -OCH3 is 1. The van der Waals surface area contributed by atoms with Gasteiger partial charge in [0.25, 0.3) is 4.84 Å². The highest BCUT2D eigenvalue weighted by Crippen LogP contribution is 2.38. The van der Waals surface area contributed by atoms with E-state index in [4.69, 9.17) is 44.6 Å². The molecule has 2 N–H and O–H groups in total. The van der Waals surface area contributed by atoms with Gasteiger partial charge in [-0.2, -0.15) is 4.72 Å². The van der Waals surface area contributed by atoms with Gasteiger partial charge in [-0.05, 0) is 60.3 Å². The zero-order valence-corrected chi connectivity index (χ0v) is 21.4. The van der Waals surface area contributed by atoms with E-state index < -0.39 is 22.0 Å². The van der Waals surface area contributed by atoms with Crippen molar-refractivity contribution in [3.63, 3.8) is 0 Å². The molecule has 1 aromatic heterocycles. The highest BCUT2D eigenvalue weighted by atomic mass is 35.5. The first-order valence-corrected chi connectivity index (χ1v) is 13.0. The maximum atomic E-state index is 13.5. The quantitative estimate of drug-likeness (QED) is 0.314. The van der Waals surface area contributed by atoms with E-state index in [2.05, 4.69) is 21.0 Å². The number of halogens is 2. The highest BCUT2D eigenvalue weighted by Gasteiger charge is 2.34. The van der Waals surface area contributed by atoms with E-state index in [0.717, 1.165) is 31.9 Å². The van der Waals surface area contributed by atoms with Crippen molar-refractivity contribution in [3.05, 3.63) is 73.4 Å². The number of aryl methyl sites for hydroxylation is 1. The number of benzene rings is 2. The van der Waals surface area contributed by atoms with Gasteiger partial charge in [0.05, 0.1) is 22.7 Å². The fraction of sp³-hybridized carbons (Fsp3) is 0.318. The third-order valence-electron chi connectivity index (χ3n) is 5.91. The first kappa shape index (κ1) is 24.9. The summed E-state index contributed by atoms with van der Waals surface area (Å²) < 4.78 is 39.8. The van der Waals surface area contributed by atoms with E-state index in [1.807, 2.05) is 19.1 Å². The van der Waals surface area contributed by atoms with E-state index in [1.165, 1.54) is 23.3 Å². The van der Waals surface area contributed by atoms with E-state index in [1.54, 1.807) is 0 Å². The molecule has 0 bridgehead atoms. The molecule has 0 spiro atoms. The number of aromatic amines is 1. The van der Waals surface area contributed by atoms with Crippen molar-refractivity contribution in [3.8, 4) is 0 Å². The lowest BCUT2D eigenvalue weighted by atomic mass is 9.88. The van der Waals surface area contributed by atoms with Crippen LogP contribution >= 0.6 is 35.4 Å². The molecule has 8 nitrogen and oxygen atoms in total. The lowest BCUT2D eigenvalue weighted by Gasteiger charge is -2.25. The van der Waals surface area contributed by atoms with E-state index in [9.17, 15) is 13.2 Å². The van der Waals surface area contributed by atoms with Crippen LogP contribution in [0.15, 0.2) is 39.6 Å². The molecule has 0 saturated heterocycles. The number of rotatable bonds is 7. The standard InChI is InChI=1S/C22H21Cl2N3O5S2/c1-11(13-7-3-5-12-6-4-8-14(12)13)19(20-25-26-22(33)32-20)27-34(29,30)16-10-9-15(23)17(18(16)24)21(28)31-2/h3,5,7,9-11,19,27H,4,6,8H2,1-2H3,(H,26,33)/t11-,19+/m1/s1. The molecule has 1 heterocycles. The Bertz CT molecular complexity index is 1420. The van der Waals surface area contributed by atoms with Crippen molar-refractivity contribution in [2.24, 2.45) is 0 Å². The number of sulfonamides is 1. The largest absolute Gasteiger partial charge is 0.465 e. The van der Waals surface area contributed by atoms with Crippen LogP contribution in [0.3, 0.4) is 0 Å². The smallest absolute Gasteiger partial charge is 0.340 e. The van der Waals surface area contributed by atoms with Gasteiger partial charge in [-0.15, -0.1) is 5.10 Å². The summed E-state index contributed by atoms with van der Waals surface area (Å²) in [6.07, 6.45) is 2.92. The SMILES string of the molecule is COC(=O)c1c(Cl)ccc(S(=O)(=O)N[C@H](c2n[nH]c(=S)o2)[C@H](C)c2cccc3c2CCC3)c1Cl. The Morgan fingerprint density at radius 2 is 2.03 bits per heavy atom. The third-order valence-corrected chi connectivity index (χ3v) is 8.39. The van der Waals surface area contributed by atoms with Gasteiger partial charge in [0.1, 0.15) is 10.9 Å². The molecule has 3 aromatic rings. The van der Waals surface area contributed by atoms with Crippen LogP contribution in [-0.4, -0.2) is 31.7 Å². The topological polar surface area (TPSA) is 114 Å². The molecule has 34 heavy (non-hydrogen) atoms. The van der Waals surface area contributed by atoms with Gasteiger partial charge in [0.15, 0.2) is 0 Å². The molecular formula is C22H21Cl2N3O5S2. The van der Waals surface area contributed by atoms with E-state index in [0.29, 0.717) is 0 Å². The number of hydrogen-bond donors (Lipinski definition) is 2. The number of esters is 1. The van der Waals surface area contributed by atoms with Crippen LogP contribution in [0.5, 0.6) is 0 Å². The lowest BCUT2D eigenvalue weighted by Crippen LogP contribution is -2.33. The maximum Gasteiger partial charge on any atom is 0.340 e. The van der Waals surface area contributed by atoms with Crippen LogP contribution in [-0.2, 0) is 27.6 Å². The molecule has 4 rings (SSSR count). The number of hydrogen-bond acceptors (Lipinski definition) is 7. The molecule has 12 heteroatoms. The molecule has 0 radical (unpaired) electrons. The number of carbonyl (C=O) groups excluding carboxylic acids is 1. The fourth-order valence-electron chi connectivity index (χ4n) is 4.26. The summed E-state index contributed by atoms with van der Waals surface area (Å²) >= 11 is 17.4. The normalized spacial score (nSPS) is 15.1. The Kier molecular flexibility index (Phi) is 7.16. The first-order chi connectivity index (χ1) is 16.1. The van der Waals surface area contributed by atoms with Gasteiger partial charge in [0.2, 0.25) is 15.9 Å². The minimum absolute atomic E-state index is 0.0159. The molecular weight excluding hydrogens is 521 g/mol. The zero-order valence-electron chi connectivity index (χ0n) is 18.2. The van der Waals surface area contributed by atoms with Crippen LogP contribution in [0.2, 0.25) is 10.0 Å². The van der Waals surface area contributed by atoms with Crippen LogP contribution in [0.1, 0.15) is 58.2 Å². The third kappa shape index (κ3) is 4.65. The van der Waals surface area contributed by atoms with E-state index in [-0.39, 0.29) is 37.2 Å². The minimum Gasteiger partial charge on any atom is -0.465 e. The Labute approximate surface area is 211 Å². The summed E-state index contributed by atoms with van der Waals surface area (Å²) in [5.74, 6) is -1.14. The summed E-state index contributed by atoms with van der Waals surface area (Å²) in [4.78, 5) is 11.8. The van der Waals surface area contributed by atoms with Gasteiger partial charge in [0, 0.05) is 5.92 Å². The number of aromatic nitrogens is 2. The molecule has 2 aromatic carbocycles. The molecule has 180 valence electrons. The fourth-order valence-corrected chi connectivity index (χ4v) is 6.57. The highest BCUT2D eigenvalue weighted by molar-refractivity contribution is 7.89. The van der Waals surface area contributed by atoms with Crippen molar-refractivity contribution in [2.75, 3.05) is 7.11 Å². The van der Waals surface area contributed by atoms with Crippen LogP contribution in [0.25, 0.3) is 0 Å². The number of ether oxygens (including phenoxy) is 1. The Morgan fingerprint density at radius 1 is 1.26 bits per heavy atom. The van der Waals surface area contributed by atoms with Gasteiger partial charge in [-0.25, -0.2) is 18.3 Å². The Balaban J connectivity index is 1.78.